The maximum atomic E-state index is 11.3. The minimum atomic E-state index is -1.69. The van der Waals surface area contributed by atoms with E-state index in [4.69, 9.17) is 16.7 Å². The third kappa shape index (κ3) is 3.04. The first-order valence-corrected chi connectivity index (χ1v) is 6.78. The standard InChI is InChI=1S/C12H13ClO4S/c1-6(14)10(13)7-4-3-5-8(18-2)9(7)11(15)12(16)17/h3-5,10-11,15H,1-2H3,(H,16,17). The summed E-state index contributed by atoms with van der Waals surface area (Å²) in [4.78, 5) is 22.8. The molecule has 0 bridgehead atoms. The van der Waals surface area contributed by atoms with E-state index in [0.29, 0.717) is 10.5 Å². The van der Waals surface area contributed by atoms with Crippen LogP contribution in [0.1, 0.15) is 29.5 Å². The molecule has 4 nitrogen and oxygen atoms in total. The van der Waals surface area contributed by atoms with E-state index in [1.165, 1.54) is 18.7 Å². The van der Waals surface area contributed by atoms with Gasteiger partial charge in [0.05, 0.1) is 0 Å². The van der Waals surface area contributed by atoms with Crippen LogP contribution in [0.3, 0.4) is 0 Å². The van der Waals surface area contributed by atoms with Gasteiger partial charge in [-0.15, -0.1) is 23.4 Å². The van der Waals surface area contributed by atoms with Gasteiger partial charge in [0.15, 0.2) is 11.9 Å². The highest BCUT2D eigenvalue weighted by Gasteiger charge is 2.27. The molecule has 1 rings (SSSR count). The van der Waals surface area contributed by atoms with Crippen LogP contribution in [-0.4, -0.2) is 28.2 Å². The fourth-order valence-electron chi connectivity index (χ4n) is 1.60. The zero-order valence-electron chi connectivity index (χ0n) is 9.88. The number of thioether (sulfide) groups is 1. The molecule has 1 aromatic rings. The molecule has 1 aromatic carbocycles. The highest BCUT2D eigenvalue weighted by Crippen LogP contribution is 2.35. The molecule has 6 heteroatoms. The Labute approximate surface area is 114 Å². The van der Waals surface area contributed by atoms with Crippen LogP contribution in [0.4, 0.5) is 0 Å². The van der Waals surface area contributed by atoms with Crippen LogP contribution in [-0.2, 0) is 9.59 Å². The Kier molecular flexibility index (Phi) is 5.19. The lowest BCUT2D eigenvalue weighted by Gasteiger charge is -2.18. The second-order valence-electron chi connectivity index (χ2n) is 3.68. The molecule has 2 N–H and O–H groups in total. The monoisotopic (exact) mass is 288 g/mol. The fourth-order valence-corrected chi connectivity index (χ4v) is 2.45. The third-order valence-corrected chi connectivity index (χ3v) is 3.80. The van der Waals surface area contributed by atoms with Crippen molar-refractivity contribution in [1.82, 2.24) is 0 Å². The normalized spacial score (nSPS) is 14.0. The maximum Gasteiger partial charge on any atom is 0.337 e. The van der Waals surface area contributed by atoms with Crippen molar-refractivity contribution in [2.45, 2.75) is 23.3 Å². The molecule has 0 fully saturated rings. The third-order valence-electron chi connectivity index (χ3n) is 2.46. The Morgan fingerprint density at radius 2 is 2.00 bits per heavy atom. The van der Waals surface area contributed by atoms with Gasteiger partial charge in [-0.2, -0.15) is 0 Å². The molecule has 18 heavy (non-hydrogen) atoms. The number of carbonyl (C=O) groups excluding carboxylic acids is 1. The van der Waals surface area contributed by atoms with Gasteiger partial charge in [0.1, 0.15) is 5.38 Å². The zero-order chi connectivity index (χ0) is 13.9. The van der Waals surface area contributed by atoms with Gasteiger partial charge in [-0.1, -0.05) is 12.1 Å². The zero-order valence-corrected chi connectivity index (χ0v) is 11.5. The van der Waals surface area contributed by atoms with E-state index < -0.39 is 17.5 Å². The molecule has 0 spiro atoms. The molecular formula is C12H13ClO4S. The van der Waals surface area contributed by atoms with Crippen molar-refractivity contribution >= 4 is 35.1 Å². The second kappa shape index (κ2) is 6.22. The van der Waals surface area contributed by atoms with E-state index in [0.717, 1.165) is 0 Å². The van der Waals surface area contributed by atoms with Gasteiger partial charge in [-0.3, -0.25) is 4.79 Å². The SMILES string of the molecule is CSc1cccc(C(Cl)C(C)=O)c1C(O)C(=O)O. The van der Waals surface area contributed by atoms with Crippen molar-refractivity contribution in [2.24, 2.45) is 0 Å². The Balaban J connectivity index is 3.42. The lowest BCUT2D eigenvalue weighted by Crippen LogP contribution is -2.16. The van der Waals surface area contributed by atoms with Crippen LogP contribution >= 0.6 is 23.4 Å². The summed E-state index contributed by atoms with van der Waals surface area (Å²) in [5.74, 6) is -1.67. The van der Waals surface area contributed by atoms with E-state index in [-0.39, 0.29) is 11.3 Å². The molecule has 2 unspecified atom stereocenters. The summed E-state index contributed by atoms with van der Waals surface area (Å²) in [5.41, 5.74) is 0.526. The first-order chi connectivity index (χ1) is 8.40. The minimum absolute atomic E-state index is 0.188. The number of carboxylic acids is 1. The van der Waals surface area contributed by atoms with Crippen LogP contribution in [0.2, 0.25) is 0 Å². The summed E-state index contributed by atoms with van der Waals surface area (Å²) in [6.45, 7) is 1.32. The Morgan fingerprint density at radius 1 is 1.39 bits per heavy atom. The van der Waals surface area contributed by atoms with Crippen molar-refractivity contribution in [3.63, 3.8) is 0 Å². The number of aliphatic carboxylic acids is 1. The molecule has 2 atom stereocenters. The fraction of sp³-hybridized carbons (Fsp3) is 0.333. The van der Waals surface area contributed by atoms with Crippen LogP contribution in [0, 0.1) is 0 Å². The van der Waals surface area contributed by atoms with Crippen LogP contribution < -0.4 is 0 Å². The van der Waals surface area contributed by atoms with Crippen molar-refractivity contribution in [3.8, 4) is 0 Å². The largest absolute Gasteiger partial charge is 0.479 e. The lowest BCUT2D eigenvalue weighted by atomic mass is 9.98. The van der Waals surface area contributed by atoms with Crippen LogP contribution in [0.25, 0.3) is 0 Å². The van der Waals surface area contributed by atoms with Gasteiger partial charge in [-0.25, -0.2) is 4.79 Å². The summed E-state index contributed by atoms with van der Waals surface area (Å²) in [6.07, 6.45) is 0.0676. The number of hydrogen-bond acceptors (Lipinski definition) is 4. The highest BCUT2D eigenvalue weighted by molar-refractivity contribution is 7.98. The summed E-state index contributed by atoms with van der Waals surface area (Å²) in [7, 11) is 0. The average molecular weight is 289 g/mol. The van der Waals surface area contributed by atoms with Crippen molar-refractivity contribution in [3.05, 3.63) is 29.3 Å². The number of rotatable bonds is 5. The molecule has 0 aliphatic carbocycles. The van der Waals surface area contributed by atoms with Gasteiger partial charge in [0, 0.05) is 10.5 Å². The highest BCUT2D eigenvalue weighted by atomic mass is 35.5. The quantitative estimate of drug-likeness (QED) is 0.643. The molecule has 0 saturated heterocycles. The predicted molar refractivity (Wildman–Crippen MR) is 70.1 cm³/mol. The molecule has 0 aliphatic rings. The van der Waals surface area contributed by atoms with Crippen LogP contribution in [0.5, 0.6) is 0 Å². The average Bonchev–Trinajstić information content (AvgIpc) is 2.35. The molecule has 98 valence electrons. The van der Waals surface area contributed by atoms with Gasteiger partial charge in [0.25, 0.3) is 0 Å². The van der Waals surface area contributed by atoms with Gasteiger partial charge >= 0.3 is 5.97 Å². The number of Topliss-reactive ketones (excluding diaryl/α,β-unsaturated/α-hetero) is 1. The lowest BCUT2D eigenvalue weighted by molar-refractivity contribution is -0.147. The molecular weight excluding hydrogens is 276 g/mol. The molecule has 0 aromatic heterocycles. The summed E-state index contributed by atoms with van der Waals surface area (Å²) < 4.78 is 0. The molecule has 0 amide bonds. The van der Waals surface area contributed by atoms with E-state index in [2.05, 4.69) is 0 Å². The topological polar surface area (TPSA) is 74.6 Å². The number of ketones is 1. The number of halogens is 1. The molecule has 0 heterocycles. The second-order valence-corrected chi connectivity index (χ2v) is 4.96. The van der Waals surface area contributed by atoms with E-state index in [9.17, 15) is 14.7 Å². The number of aliphatic hydroxyl groups excluding tert-OH is 1. The summed E-state index contributed by atoms with van der Waals surface area (Å²) >= 11 is 7.25. The van der Waals surface area contributed by atoms with Gasteiger partial charge in [-0.05, 0) is 24.8 Å². The summed E-state index contributed by atoms with van der Waals surface area (Å²) in [6, 6.07) is 4.91. The van der Waals surface area contributed by atoms with Crippen molar-refractivity contribution in [1.29, 1.82) is 0 Å². The molecule has 0 aliphatic heterocycles. The smallest absolute Gasteiger partial charge is 0.337 e. The van der Waals surface area contributed by atoms with E-state index >= 15 is 0 Å². The Hall–Kier alpha value is -1.04. The number of benzene rings is 1. The van der Waals surface area contributed by atoms with Gasteiger partial charge in [0.2, 0.25) is 0 Å². The minimum Gasteiger partial charge on any atom is -0.479 e. The number of carbonyl (C=O) groups is 2. The van der Waals surface area contributed by atoms with Gasteiger partial charge < -0.3 is 10.2 Å². The molecule has 0 saturated carbocycles. The predicted octanol–water partition coefficient (Wildman–Crippen LogP) is 2.40. The van der Waals surface area contributed by atoms with E-state index in [1.807, 2.05) is 0 Å². The Morgan fingerprint density at radius 3 is 2.44 bits per heavy atom. The number of hydrogen-bond donors (Lipinski definition) is 2. The Bertz CT molecular complexity index is 475. The first-order valence-electron chi connectivity index (χ1n) is 5.12. The number of carboxylic acid groups (broad SMARTS) is 1. The maximum absolute atomic E-state index is 11.3. The summed E-state index contributed by atoms with van der Waals surface area (Å²) in [5, 5.41) is 17.7. The van der Waals surface area contributed by atoms with E-state index in [1.54, 1.807) is 24.5 Å². The van der Waals surface area contributed by atoms with Crippen molar-refractivity contribution in [2.75, 3.05) is 6.26 Å². The van der Waals surface area contributed by atoms with Crippen LogP contribution in [0.15, 0.2) is 23.1 Å². The first kappa shape index (κ1) is 15.0. The van der Waals surface area contributed by atoms with Crippen molar-refractivity contribution < 1.29 is 19.8 Å². The number of aliphatic hydroxyl groups is 1. The number of alkyl halides is 1. The molecule has 0 radical (unpaired) electrons.